The maximum absolute atomic E-state index is 10.6. The molecule has 1 aromatic carbocycles. The quantitative estimate of drug-likeness (QED) is 0.700. The molecule has 0 aliphatic carbocycles. The Balaban J connectivity index is 2.19. The first-order chi connectivity index (χ1) is 9.56. The first-order valence-electron chi connectivity index (χ1n) is 5.63. The molecule has 2 rings (SSSR count). The molecule has 1 heterocycles. The molecule has 0 aliphatic rings. The van der Waals surface area contributed by atoms with Gasteiger partial charge in [-0.2, -0.15) is 0 Å². The SMILES string of the molecule is O=C(O)C=Cc1cccc(Br)c1OCc1ccc(Br)s1. The standard InChI is InChI=1S/C14H10Br2O3S/c15-11-3-1-2-9(4-7-13(17)18)14(11)19-8-10-5-6-12(16)20-10/h1-7H,8H2,(H,17,18). The molecule has 0 saturated carbocycles. The number of hydrogen-bond acceptors (Lipinski definition) is 3. The minimum absolute atomic E-state index is 0.437. The van der Waals surface area contributed by atoms with Gasteiger partial charge >= 0.3 is 5.97 Å². The number of thiophene rings is 1. The van der Waals surface area contributed by atoms with Crippen LogP contribution in [0.15, 0.2) is 44.7 Å². The summed E-state index contributed by atoms with van der Waals surface area (Å²) in [4.78, 5) is 11.7. The van der Waals surface area contributed by atoms with E-state index in [0.717, 1.165) is 24.8 Å². The number of aliphatic carboxylic acids is 1. The fraction of sp³-hybridized carbons (Fsp3) is 0.0714. The molecule has 0 bridgehead atoms. The third kappa shape index (κ3) is 4.19. The third-order valence-electron chi connectivity index (χ3n) is 2.39. The average Bonchev–Trinajstić information content (AvgIpc) is 2.81. The summed E-state index contributed by atoms with van der Waals surface area (Å²) in [6.07, 6.45) is 2.61. The van der Waals surface area contributed by atoms with Gasteiger partial charge in [0.15, 0.2) is 0 Å². The number of rotatable bonds is 5. The van der Waals surface area contributed by atoms with Crippen LogP contribution in [-0.2, 0) is 11.4 Å². The molecule has 0 amide bonds. The van der Waals surface area contributed by atoms with Crippen LogP contribution in [0.3, 0.4) is 0 Å². The van der Waals surface area contributed by atoms with Crippen LogP contribution in [-0.4, -0.2) is 11.1 Å². The van der Waals surface area contributed by atoms with Crippen LogP contribution in [0.1, 0.15) is 10.4 Å². The molecule has 0 aliphatic heterocycles. The summed E-state index contributed by atoms with van der Waals surface area (Å²) in [5, 5.41) is 8.70. The molecule has 0 unspecified atom stereocenters. The van der Waals surface area contributed by atoms with Crippen molar-refractivity contribution in [3.8, 4) is 5.75 Å². The molecule has 0 fully saturated rings. The predicted molar refractivity (Wildman–Crippen MR) is 87.2 cm³/mol. The molecule has 1 N–H and O–H groups in total. The molecule has 2 aromatic rings. The largest absolute Gasteiger partial charge is 0.486 e. The monoisotopic (exact) mass is 416 g/mol. The molecular weight excluding hydrogens is 408 g/mol. The van der Waals surface area contributed by atoms with Gasteiger partial charge in [-0.05, 0) is 56.1 Å². The molecule has 3 nitrogen and oxygen atoms in total. The molecule has 0 radical (unpaired) electrons. The summed E-state index contributed by atoms with van der Waals surface area (Å²) in [6.45, 7) is 0.437. The van der Waals surface area contributed by atoms with Crippen LogP contribution in [0.5, 0.6) is 5.75 Å². The van der Waals surface area contributed by atoms with E-state index in [1.807, 2.05) is 30.3 Å². The zero-order chi connectivity index (χ0) is 14.5. The highest BCUT2D eigenvalue weighted by atomic mass is 79.9. The second kappa shape index (κ2) is 7.06. The van der Waals surface area contributed by atoms with Gasteiger partial charge in [0.1, 0.15) is 12.4 Å². The van der Waals surface area contributed by atoms with E-state index < -0.39 is 5.97 Å². The van der Waals surface area contributed by atoms with E-state index in [1.54, 1.807) is 11.3 Å². The van der Waals surface area contributed by atoms with Gasteiger partial charge in [0.05, 0.1) is 8.26 Å². The van der Waals surface area contributed by atoms with Gasteiger partial charge < -0.3 is 9.84 Å². The lowest BCUT2D eigenvalue weighted by molar-refractivity contribution is -0.131. The maximum Gasteiger partial charge on any atom is 0.328 e. The third-order valence-corrected chi connectivity index (χ3v) is 4.61. The fourth-order valence-electron chi connectivity index (χ4n) is 1.54. The number of benzene rings is 1. The topological polar surface area (TPSA) is 46.5 Å². The van der Waals surface area contributed by atoms with Crippen LogP contribution in [0, 0.1) is 0 Å². The summed E-state index contributed by atoms with van der Waals surface area (Å²) >= 11 is 8.43. The Bertz CT molecular complexity index is 650. The first-order valence-corrected chi connectivity index (χ1v) is 8.03. The Morgan fingerprint density at radius 3 is 2.75 bits per heavy atom. The van der Waals surface area contributed by atoms with E-state index in [-0.39, 0.29) is 0 Å². The van der Waals surface area contributed by atoms with E-state index in [1.165, 1.54) is 6.08 Å². The number of carbonyl (C=O) groups is 1. The number of para-hydroxylation sites is 1. The molecular formula is C14H10Br2O3S. The van der Waals surface area contributed by atoms with Crippen LogP contribution in [0.4, 0.5) is 0 Å². The number of carboxylic acid groups (broad SMARTS) is 1. The lowest BCUT2D eigenvalue weighted by atomic mass is 10.2. The molecule has 0 spiro atoms. The Morgan fingerprint density at radius 1 is 1.30 bits per heavy atom. The van der Waals surface area contributed by atoms with E-state index in [0.29, 0.717) is 12.4 Å². The second-order valence-corrected chi connectivity index (χ2v) is 7.23. The van der Waals surface area contributed by atoms with E-state index in [2.05, 4.69) is 31.9 Å². The zero-order valence-electron chi connectivity index (χ0n) is 10.2. The fourth-order valence-corrected chi connectivity index (χ4v) is 3.44. The number of halogens is 2. The number of ether oxygens (including phenoxy) is 1. The molecule has 6 heteroatoms. The van der Waals surface area contributed by atoms with Crippen molar-refractivity contribution in [3.05, 3.63) is 55.1 Å². The predicted octanol–water partition coefficient (Wildman–Crippen LogP) is 4.95. The average molecular weight is 418 g/mol. The van der Waals surface area contributed by atoms with Crippen LogP contribution >= 0.6 is 43.2 Å². The Labute approximate surface area is 137 Å². The molecule has 20 heavy (non-hydrogen) atoms. The first kappa shape index (κ1) is 15.3. The van der Waals surface area contributed by atoms with E-state index >= 15 is 0 Å². The van der Waals surface area contributed by atoms with Crippen LogP contribution in [0.2, 0.25) is 0 Å². The van der Waals surface area contributed by atoms with Gasteiger partial charge in [-0.15, -0.1) is 11.3 Å². The van der Waals surface area contributed by atoms with Crippen molar-refractivity contribution in [2.24, 2.45) is 0 Å². The molecule has 104 valence electrons. The van der Waals surface area contributed by atoms with Crippen molar-refractivity contribution in [1.82, 2.24) is 0 Å². The van der Waals surface area contributed by atoms with Gasteiger partial charge in [-0.3, -0.25) is 0 Å². The highest BCUT2D eigenvalue weighted by Crippen LogP contribution is 2.32. The molecule has 1 aromatic heterocycles. The van der Waals surface area contributed by atoms with Gasteiger partial charge in [0.25, 0.3) is 0 Å². The normalized spacial score (nSPS) is 10.9. The zero-order valence-corrected chi connectivity index (χ0v) is 14.2. The highest BCUT2D eigenvalue weighted by Gasteiger charge is 2.07. The summed E-state index contributed by atoms with van der Waals surface area (Å²) in [6, 6.07) is 9.45. The van der Waals surface area contributed by atoms with Crippen molar-refractivity contribution in [2.75, 3.05) is 0 Å². The van der Waals surface area contributed by atoms with E-state index in [4.69, 9.17) is 9.84 Å². The summed E-state index contributed by atoms with van der Waals surface area (Å²) in [5.74, 6) is -0.354. The lowest BCUT2D eigenvalue weighted by Crippen LogP contribution is -1.96. The van der Waals surface area contributed by atoms with Crippen molar-refractivity contribution >= 4 is 55.2 Å². The molecule has 0 saturated heterocycles. The van der Waals surface area contributed by atoms with E-state index in [9.17, 15) is 4.79 Å². The Morgan fingerprint density at radius 2 is 2.10 bits per heavy atom. The Hall–Kier alpha value is -1.11. The maximum atomic E-state index is 10.6. The second-order valence-electron chi connectivity index (χ2n) is 3.82. The van der Waals surface area contributed by atoms with Gasteiger partial charge in [-0.1, -0.05) is 12.1 Å². The smallest absolute Gasteiger partial charge is 0.328 e. The van der Waals surface area contributed by atoms with Crippen molar-refractivity contribution in [3.63, 3.8) is 0 Å². The van der Waals surface area contributed by atoms with Crippen LogP contribution < -0.4 is 4.74 Å². The van der Waals surface area contributed by atoms with Crippen LogP contribution in [0.25, 0.3) is 6.08 Å². The highest BCUT2D eigenvalue weighted by molar-refractivity contribution is 9.11. The van der Waals surface area contributed by atoms with Crippen molar-refractivity contribution < 1.29 is 14.6 Å². The summed E-state index contributed by atoms with van der Waals surface area (Å²) in [7, 11) is 0. The number of carboxylic acids is 1. The van der Waals surface area contributed by atoms with Crippen molar-refractivity contribution in [2.45, 2.75) is 6.61 Å². The van der Waals surface area contributed by atoms with Crippen molar-refractivity contribution in [1.29, 1.82) is 0 Å². The lowest BCUT2D eigenvalue weighted by Gasteiger charge is -2.10. The minimum atomic E-state index is -0.988. The van der Waals surface area contributed by atoms with Gasteiger partial charge in [-0.25, -0.2) is 4.79 Å². The minimum Gasteiger partial charge on any atom is -0.486 e. The van der Waals surface area contributed by atoms with Gasteiger partial charge in [0.2, 0.25) is 0 Å². The summed E-state index contributed by atoms with van der Waals surface area (Å²) < 4.78 is 7.64. The number of hydrogen-bond donors (Lipinski definition) is 1. The summed E-state index contributed by atoms with van der Waals surface area (Å²) in [5.41, 5.74) is 0.720. The Kier molecular flexibility index (Phi) is 5.39. The molecule has 0 atom stereocenters. The van der Waals surface area contributed by atoms with Gasteiger partial charge in [0, 0.05) is 16.5 Å².